The fraction of sp³-hybridized carbons (Fsp3) is 0.500. The van der Waals surface area contributed by atoms with Gasteiger partial charge >= 0.3 is 0 Å². The van der Waals surface area contributed by atoms with Crippen molar-refractivity contribution in [2.75, 3.05) is 6.54 Å². The quantitative estimate of drug-likeness (QED) is 0.878. The van der Waals surface area contributed by atoms with Crippen molar-refractivity contribution in [3.05, 3.63) is 52.3 Å². The van der Waals surface area contributed by atoms with Gasteiger partial charge in [0.25, 0.3) is 0 Å². The van der Waals surface area contributed by atoms with Gasteiger partial charge < -0.3 is 5.32 Å². The molecule has 0 fully saturated rings. The molecule has 0 aliphatic heterocycles. The molecule has 2 aromatic rings. The largest absolute Gasteiger partial charge is 0.310 e. The standard InChI is InChI=1S/C18H27N3/c1-6-11-19-18(16-10-8-7-9-13(16)2)12-17-14(3)20-21(5)15(17)4/h7-10,18-19H,6,11-12H2,1-5H3. The van der Waals surface area contributed by atoms with Crippen LogP contribution in [0.15, 0.2) is 24.3 Å². The van der Waals surface area contributed by atoms with Gasteiger partial charge in [0.15, 0.2) is 0 Å². The van der Waals surface area contributed by atoms with Crippen LogP contribution in [0.25, 0.3) is 0 Å². The van der Waals surface area contributed by atoms with Crippen LogP contribution in [-0.4, -0.2) is 16.3 Å². The van der Waals surface area contributed by atoms with E-state index in [2.05, 4.69) is 62.4 Å². The highest BCUT2D eigenvalue weighted by Gasteiger charge is 2.18. The Kier molecular flexibility index (Phi) is 5.18. The van der Waals surface area contributed by atoms with Gasteiger partial charge in [-0.2, -0.15) is 5.10 Å². The molecule has 21 heavy (non-hydrogen) atoms. The lowest BCUT2D eigenvalue weighted by Gasteiger charge is -2.21. The van der Waals surface area contributed by atoms with Crippen molar-refractivity contribution >= 4 is 0 Å². The van der Waals surface area contributed by atoms with Crippen molar-refractivity contribution in [1.82, 2.24) is 15.1 Å². The van der Waals surface area contributed by atoms with Gasteiger partial charge in [-0.15, -0.1) is 0 Å². The van der Waals surface area contributed by atoms with E-state index in [1.54, 1.807) is 0 Å². The van der Waals surface area contributed by atoms with E-state index in [4.69, 9.17) is 0 Å². The van der Waals surface area contributed by atoms with E-state index in [1.807, 2.05) is 11.7 Å². The molecule has 0 aliphatic rings. The SMILES string of the molecule is CCCNC(Cc1c(C)nn(C)c1C)c1ccccc1C. The molecule has 1 aromatic heterocycles. The lowest BCUT2D eigenvalue weighted by Crippen LogP contribution is -2.25. The average Bonchev–Trinajstić information content (AvgIpc) is 2.70. The summed E-state index contributed by atoms with van der Waals surface area (Å²) in [4.78, 5) is 0. The second-order valence-corrected chi connectivity index (χ2v) is 5.84. The molecule has 0 bridgehead atoms. The van der Waals surface area contributed by atoms with Crippen LogP contribution in [0.2, 0.25) is 0 Å². The van der Waals surface area contributed by atoms with E-state index in [0.717, 1.165) is 25.1 Å². The fourth-order valence-electron chi connectivity index (χ4n) is 2.91. The minimum Gasteiger partial charge on any atom is -0.310 e. The Labute approximate surface area is 128 Å². The first-order valence-electron chi connectivity index (χ1n) is 7.82. The van der Waals surface area contributed by atoms with Gasteiger partial charge in [0.1, 0.15) is 0 Å². The Balaban J connectivity index is 2.31. The highest BCUT2D eigenvalue weighted by Crippen LogP contribution is 2.24. The van der Waals surface area contributed by atoms with Crippen LogP contribution in [0, 0.1) is 20.8 Å². The van der Waals surface area contributed by atoms with E-state index in [9.17, 15) is 0 Å². The lowest BCUT2D eigenvalue weighted by molar-refractivity contribution is 0.525. The molecular formula is C18H27N3. The average molecular weight is 285 g/mol. The van der Waals surface area contributed by atoms with Crippen LogP contribution in [0.3, 0.4) is 0 Å². The summed E-state index contributed by atoms with van der Waals surface area (Å²) in [6, 6.07) is 9.03. The molecular weight excluding hydrogens is 258 g/mol. The highest BCUT2D eigenvalue weighted by atomic mass is 15.3. The monoisotopic (exact) mass is 285 g/mol. The molecule has 3 heteroatoms. The molecule has 114 valence electrons. The third-order valence-electron chi connectivity index (χ3n) is 4.27. The number of hydrogen-bond donors (Lipinski definition) is 1. The molecule has 0 spiro atoms. The predicted molar refractivity (Wildman–Crippen MR) is 88.6 cm³/mol. The minimum absolute atomic E-state index is 0.354. The van der Waals surface area contributed by atoms with E-state index < -0.39 is 0 Å². The van der Waals surface area contributed by atoms with Crippen LogP contribution in [0.1, 0.15) is 47.5 Å². The van der Waals surface area contributed by atoms with Crippen molar-refractivity contribution in [2.24, 2.45) is 7.05 Å². The number of aryl methyl sites for hydroxylation is 3. The third kappa shape index (κ3) is 3.53. The third-order valence-corrected chi connectivity index (χ3v) is 4.27. The first-order valence-corrected chi connectivity index (χ1v) is 7.82. The summed E-state index contributed by atoms with van der Waals surface area (Å²) in [5.74, 6) is 0. The van der Waals surface area contributed by atoms with Crippen molar-refractivity contribution < 1.29 is 0 Å². The van der Waals surface area contributed by atoms with Gasteiger partial charge in [-0.3, -0.25) is 4.68 Å². The normalized spacial score (nSPS) is 12.6. The van der Waals surface area contributed by atoms with Crippen molar-refractivity contribution in [3.63, 3.8) is 0 Å². The zero-order chi connectivity index (χ0) is 15.4. The van der Waals surface area contributed by atoms with Gasteiger partial charge in [-0.25, -0.2) is 0 Å². The number of nitrogens with zero attached hydrogens (tertiary/aromatic N) is 2. The fourth-order valence-corrected chi connectivity index (χ4v) is 2.91. The smallest absolute Gasteiger partial charge is 0.0629 e. The van der Waals surface area contributed by atoms with Crippen LogP contribution in [0.4, 0.5) is 0 Å². The molecule has 1 aromatic carbocycles. The number of benzene rings is 1. The first-order chi connectivity index (χ1) is 10.0. The molecule has 0 radical (unpaired) electrons. The van der Waals surface area contributed by atoms with E-state index in [0.29, 0.717) is 6.04 Å². The summed E-state index contributed by atoms with van der Waals surface area (Å²) < 4.78 is 1.99. The Morgan fingerprint density at radius 3 is 2.48 bits per heavy atom. The number of hydrogen-bond acceptors (Lipinski definition) is 2. The molecule has 1 heterocycles. The lowest BCUT2D eigenvalue weighted by atomic mass is 9.94. The maximum atomic E-state index is 4.55. The first kappa shape index (κ1) is 15.8. The molecule has 0 saturated carbocycles. The summed E-state index contributed by atoms with van der Waals surface area (Å²) in [6.45, 7) is 9.71. The molecule has 1 unspecified atom stereocenters. The molecule has 2 rings (SSSR count). The van der Waals surface area contributed by atoms with Crippen LogP contribution >= 0.6 is 0 Å². The maximum Gasteiger partial charge on any atom is 0.0629 e. The Morgan fingerprint density at radius 2 is 1.90 bits per heavy atom. The number of rotatable bonds is 6. The summed E-state index contributed by atoms with van der Waals surface area (Å²) in [7, 11) is 2.02. The van der Waals surface area contributed by atoms with Crippen LogP contribution in [0.5, 0.6) is 0 Å². The number of aromatic nitrogens is 2. The molecule has 1 N–H and O–H groups in total. The molecule has 0 amide bonds. The highest BCUT2D eigenvalue weighted by molar-refractivity contribution is 5.33. The minimum atomic E-state index is 0.354. The molecule has 1 atom stereocenters. The summed E-state index contributed by atoms with van der Waals surface area (Å²) >= 11 is 0. The summed E-state index contributed by atoms with van der Waals surface area (Å²) in [5.41, 5.74) is 6.53. The zero-order valence-electron chi connectivity index (χ0n) is 13.9. The second-order valence-electron chi connectivity index (χ2n) is 5.84. The van der Waals surface area contributed by atoms with Crippen molar-refractivity contribution in [1.29, 1.82) is 0 Å². The second kappa shape index (κ2) is 6.90. The van der Waals surface area contributed by atoms with Gasteiger partial charge in [0, 0.05) is 18.8 Å². The Morgan fingerprint density at radius 1 is 1.19 bits per heavy atom. The Bertz CT molecular complexity index is 599. The van der Waals surface area contributed by atoms with Gasteiger partial charge in [-0.1, -0.05) is 31.2 Å². The van der Waals surface area contributed by atoms with E-state index >= 15 is 0 Å². The molecule has 3 nitrogen and oxygen atoms in total. The summed E-state index contributed by atoms with van der Waals surface area (Å²) in [5, 5.41) is 8.25. The van der Waals surface area contributed by atoms with E-state index in [-0.39, 0.29) is 0 Å². The summed E-state index contributed by atoms with van der Waals surface area (Å²) in [6.07, 6.45) is 2.14. The van der Waals surface area contributed by atoms with Crippen LogP contribution < -0.4 is 5.32 Å². The molecule has 0 saturated heterocycles. The van der Waals surface area contributed by atoms with Crippen molar-refractivity contribution in [2.45, 2.75) is 46.6 Å². The van der Waals surface area contributed by atoms with E-state index in [1.165, 1.54) is 22.4 Å². The Hall–Kier alpha value is -1.61. The topological polar surface area (TPSA) is 29.9 Å². The van der Waals surface area contributed by atoms with Crippen LogP contribution in [-0.2, 0) is 13.5 Å². The predicted octanol–water partition coefficient (Wildman–Crippen LogP) is 3.63. The zero-order valence-corrected chi connectivity index (χ0v) is 13.9. The van der Waals surface area contributed by atoms with Crippen molar-refractivity contribution in [3.8, 4) is 0 Å². The van der Waals surface area contributed by atoms with Gasteiger partial charge in [-0.05, 0) is 56.8 Å². The molecule has 0 aliphatic carbocycles. The maximum absolute atomic E-state index is 4.55. The number of nitrogens with one attached hydrogen (secondary N) is 1. The van der Waals surface area contributed by atoms with Gasteiger partial charge in [0.2, 0.25) is 0 Å². The van der Waals surface area contributed by atoms with Gasteiger partial charge in [0.05, 0.1) is 5.69 Å².